The molecule has 1 aliphatic rings. The Morgan fingerprint density at radius 2 is 2.33 bits per heavy atom. The molecule has 0 saturated carbocycles. The largest absolute Gasteiger partial charge is 0.384 e. The molecular formula is C13H17FN2O2. The molecular weight excluding hydrogens is 235 g/mol. The maximum Gasteiger partial charge on any atom is 0.124 e. The van der Waals surface area contributed by atoms with Crippen LogP contribution >= 0.6 is 0 Å². The number of halogens is 1. The zero-order valence-electron chi connectivity index (χ0n) is 10.1. The van der Waals surface area contributed by atoms with Crippen molar-refractivity contribution in [1.82, 2.24) is 0 Å². The number of rotatable bonds is 5. The minimum absolute atomic E-state index is 0.144. The Morgan fingerprint density at radius 3 is 3.00 bits per heavy atom. The van der Waals surface area contributed by atoms with Crippen molar-refractivity contribution >= 4 is 5.84 Å². The van der Waals surface area contributed by atoms with E-state index in [1.165, 1.54) is 12.1 Å². The Morgan fingerprint density at radius 1 is 1.50 bits per heavy atom. The molecule has 1 atom stereocenters. The molecule has 4 nitrogen and oxygen atoms in total. The molecule has 5 heteroatoms. The van der Waals surface area contributed by atoms with E-state index in [0.29, 0.717) is 24.3 Å². The van der Waals surface area contributed by atoms with Crippen LogP contribution < -0.4 is 5.73 Å². The SMILES string of the molecule is N=C(N)c1cc(F)cc(COCC2CCCO2)c1. The molecule has 1 aliphatic heterocycles. The molecule has 0 aliphatic carbocycles. The quantitative estimate of drug-likeness (QED) is 0.620. The summed E-state index contributed by atoms with van der Waals surface area (Å²) in [5.41, 5.74) is 6.39. The van der Waals surface area contributed by atoms with E-state index >= 15 is 0 Å². The van der Waals surface area contributed by atoms with E-state index in [1.54, 1.807) is 6.07 Å². The van der Waals surface area contributed by atoms with E-state index < -0.39 is 5.82 Å². The van der Waals surface area contributed by atoms with Gasteiger partial charge in [-0.15, -0.1) is 0 Å². The summed E-state index contributed by atoms with van der Waals surface area (Å²) in [5, 5.41) is 7.29. The zero-order chi connectivity index (χ0) is 13.0. The highest BCUT2D eigenvalue weighted by Gasteiger charge is 2.15. The number of hydrogen-bond donors (Lipinski definition) is 2. The summed E-state index contributed by atoms with van der Waals surface area (Å²) in [4.78, 5) is 0. The van der Waals surface area contributed by atoms with Crippen LogP contribution in [-0.4, -0.2) is 25.2 Å². The highest BCUT2D eigenvalue weighted by molar-refractivity contribution is 5.95. The number of nitrogen functional groups attached to an aromatic ring is 1. The molecule has 3 N–H and O–H groups in total. The van der Waals surface area contributed by atoms with Crippen molar-refractivity contribution in [3.63, 3.8) is 0 Å². The summed E-state index contributed by atoms with van der Waals surface area (Å²) in [6.45, 7) is 1.62. The molecule has 1 saturated heterocycles. The van der Waals surface area contributed by atoms with Gasteiger partial charge in [0.05, 0.1) is 19.3 Å². The van der Waals surface area contributed by atoms with Crippen molar-refractivity contribution in [2.24, 2.45) is 5.73 Å². The van der Waals surface area contributed by atoms with Gasteiger partial charge in [0.1, 0.15) is 11.7 Å². The molecule has 98 valence electrons. The lowest BCUT2D eigenvalue weighted by Crippen LogP contribution is -2.15. The van der Waals surface area contributed by atoms with Crippen LogP contribution in [0.3, 0.4) is 0 Å². The fourth-order valence-electron chi connectivity index (χ4n) is 1.97. The van der Waals surface area contributed by atoms with Crippen molar-refractivity contribution in [2.75, 3.05) is 13.2 Å². The Kier molecular flexibility index (Phi) is 4.28. The molecule has 1 fully saturated rings. The summed E-state index contributed by atoms with van der Waals surface area (Å²) in [7, 11) is 0. The van der Waals surface area contributed by atoms with E-state index in [1.807, 2.05) is 0 Å². The fraction of sp³-hybridized carbons (Fsp3) is 0.462. The first kappa shape index (κ1) is 13.0. The van der Waals surface area contributed by atoms with Gasteiger partial charge in [-0.3, -0.25) is 5.41 Å². The minimum Gasteiger partial charge on any atom is -0.384 e. The Bertz CT molecular complexity index is 431. The van der Waals surface area contributed by atoms with Crippen LogP contribution in [-0.2, 0) is 16.1 Å². The number of benzene rings is 1. The van der Waals surface area contributed by atoms with Crippen LogP contribution in [0, 0.1) is 11.2 Å². The van der Waals surface area contributed by atoms with Crippen molar-refractivity contribution in [3.8, 4) is 0 Å². The lowest BCUT2D eigenvalue weighted by molar-refractivity contribution is 0.0105. The first-order chi connectivity index (χ1) is 8.65. The summed E-state index contributed by atoms with van der Waals surface area (Å²) < 4.78 is 24.2. The molecule has 1 unspecified atom stereocenters. The van der Waals surface area contributed by atoms with Crippen LogP contribution in [0.25, 0.3) is 0 Å². The number of hydrogen-bond acceptors (Lipinski definition) is 3. The predicted octanol–water partition coefficient (Wildman–Crippen LogP) is 1.81. The van der Waals surface area contributed by atoms with E-state index in [-0.39, 0.29) is 11.9 Å². The molecule has 0 bridgehead atoms. The van der Waals surface area contributed by atoms with Crippen molar-refractivity contribution in [3.05, 3.63) is 35.1 Å². The maximum absolute atomic E-state index is 13.3. The summed E-state index contributed by atoms with van der Waals surface area (Å²) in [6, 6.07) is 4.30. The summed E-state index contributed by atoms with van der Waals surface area (Å²) >= 11 is 0. The van der Waals surface area contributed by atoms with Gasteiger partial charge in [-0.2, -0.15) is 0 Å². The number of ether oxygens (including phenoxy) is 2. The number of nitrogens with two attached hydrogens (primary N) is 1. The molecule has 0 aromatic heterocycles. The van der Waals surface area contributed by atoms with Gasteiger partial charge in [-0.25, -0.2) is 4.39 Å². The second kappa shape index (κ2) is 5.93. The third-order valence-corrected chi connectivity index (χ3v) is 2.87. The second-order valence-electron chi connectivity index (χ2n) is 4.41. The van der Waals surface area contributed by atoms with Crippen molar-refractivity contribution < 1.29 is 13.9 Å². The standard InChI is InChI=1S/C13H17FN2O2/c14-11-5-9(4-10(6-11)13(15)16)7-17-8-12-2-1-3-18-12/h4-6,12H,1-3,7-8H2,(H3,15,16). The first-order valence-corrected chi connectivity index (χ1v) is 5.98. The van der Waals surface area contributed by atoms with Crippen LogP contribution in [0.2, 0.25) is 0 Å². The molecule has 2 rings (SSSR count). The molecule has 0 radical (unpaired) electrons. The lowest BCUT2D eigenvalue weighted by Gasteiger charge is -2.10. The smallest absolute Gasteiger partial charge is 0.124 e. The van der Waals surface area contributed by atoms with Crippen LogP contribution in [0.4, 0.5) is 4.39 Å². The highest BCUT2D eigenvalue weighted by Crippen LogP contribution is 2.14. The average Bonchev–Trinajstić information content (AvgIpc) is 2.81. The van der Waals surface area contributed by atoms with E-state index in [0.717, 1.165) is 19.4 Å². The Hall–Kier alpha value is -1.46. The molecule has 1 aromatic carbocycles. The van der Waals surface area contributed by atoms with Gasteiger partial charge in [-0.05, 0) is 36.6 Å². The second-order valence-corrected chi connectivity index (χ2v) is 4.41. The normalized spacial score (nSPS) is 19.1. The molecule has 1 heterocycles. The van der Waals surface area contributed by atoms with Gasteiger partial charge < -0.3 is 15.2 Å². The molecule has 1 aromatic rings. The van der Waals surface area contributed by atoms with E-state index in [9.17, 15) is 4.39 Å². The average molecular weight is 252 g/mol. The van der Waals surface area contributed by atoms with Crippen molar-refractivity contribution in [1.29, 1.82) is 5.41 Å². The molecule has 0 amide bonds. The topological polar surface area (TPSA) is 68.3 Å². The number of amidine groups is 1. The maximum atomic E-state index is 13.3. The van der Waals surface area contributed by atoms with Crippen LogP contribution in [0.1, 0.15) is 24.0 Å². The Labute approximate surface area is 105 Å². The van der Waals surface area contributed by atoms with Gasteiger partial charge in [0.2, 0.25) is 0 Å². The summed E-state index contributed by atoms with van der Waals surface area (Å²) in [6.07, 6.45) is 2.25. The molecule has 0 spiro atoms. The van der Waals surface area contributed by atoms with Gasteiger partial charge in [0.15, 0.2) is 0 Å². The van der Waals surface area contributed by atoms with Gasteiger partial charge in [0, 0.05) is 12.2 Å². The Balaban J connectivity index is 1.89. The van der Waals surface area contributed by atoms with Gasteiger partial charge in [-0.1, -0.05) is 0 Å². The third-order valence-electron chi connectivity index (χ3n) is 2.87. The lowest BCUT2D eigenvalue weighted by atomic mass is 10.1. The van der Waals surface area contributed by atoms with E-state index in [2.05, 4.69) is 0 Å². The first-order valence-electron chi connectivity index (χ1n) is 5.98. The van der Waals surface area contributed by atoms with Gasteiger partial charge in [0.25, 0.3) is 0 Å². The zero-order valence-corrected chi connectivity index (χ0v) is 10.1. The monoisotopic (exact) mass is 252 g/mol. The minimum atomic E-state index is -0.404. The number of nitrogens with one attached hydrogen (secondary N) is 1. The highest BCUT2D eigenvalue weighted by atomic mass is 19.1. The van der Waals surface area contributed by atoms with E-state index in [4.69, 9.17) is 20.6 Å². The van der Waals surface area contributed by atoms with Crippen LogP contribution in [0.5, 0.6) is 0 Å². The van der Waals surface area contributed by atoms with Crippen LogP contribution in [0.15, 0.2) is 18.2 Å². The fourth-order valence-corrected chi connectivity index (χ4v) is 1.97. The predicted molar refractivity (Wildman–Crippen MR) is 66.0 cm³/mol. The molecule has 18 heavy (non-hydrogen) atoms. The van der Waals surface area contributed by atoms with Crippen molar-refractivity contribution in [2.45, 2.75) is 25.6 Å². The third kappa shape index (κ3) is 3.51. The van der Waals surface area contributed by atoms with Gasteiger partial charge >= 0.3 is 0 Å². The summed E-state index contributed by atoms with van der Waals surface area (Å²) in [5.74, 6) is -0.548.